The second-order valence-electron chi connectivity index (χ2n) is 8.50. The Hall–Kier alpha value is -1.74. The van der Waals surface area contributed by atoms with Gasteiger partial charge in [0.05, 0.1) is 4.90 Å². The lowest BCUT2D eigenvalue weighted by atomic mass is 9.98. The van der Waals surface area contributed by atoms with Gasteiger partial charge in [-0.15, -0.1) is 11.8 Å². The van der Waals surface area contributed by atoms with Gasteiger partial charge in [-0.1, -0.05) is 77.2 Å². The summed E-state index contributed by atoms with van der Waals surface area (Å²) in [6.45, 7) is 16.9. The first kappa shape index (κ1) is 34.3. The second kappa shape index (κ2) is 17.1. The molecule has 1 aliphatic heterocycles. The highest BCUT2D eigenvalue weighted by molar-refractivity contribution is 8.22. The number of benzene rings is 2. The minimum atomic E-state index is -3.89. The van der Waals surface area contributed by atoms with E-state index in [1.54, 1.807) is 35.7 Å². The number of carbonyl (C=O) groups is 1. The van der Waals surface area contributed by atoms with E-state index in [2.05, 4.69) is 38.6 Å². The highest BCUT2D eigenvalue weighted by atomic mass is 32.2. The zero-order valence-electron chi connectivity index (χ0n) is 23.8. The van der Waals surface area contributed by atoms with Crippen molar-refractivity contribution in [2.24, 2.45) is 5.73 Å². The van der Waals surface area contributed by atoms with Crippen molar-refractivity contribution in [1.29, 1.82) is 0 Å². The molecule has 0 atom stereocenters. The predicted octanol–water partition coefficient (Wildman–Crippen LogP) is 7.35. The van der Waals surface area contributed by atoms with Crippen molar-refractivity contribution in [1.82, 2.24) is 0 Å². The molecule has 0 saturated carbocycles. The molecule has 0 aliphatic carbocycles. The van der Waals surface area contributed by atoms with Gasteiger partial charge in [0.2, 0.25) is 5.91 Å². The lowest BCUT2D eigenvalue weighted by molar-refractivity contribution is -0.122. The number of nitrogens with two attached hydrogens (primary N) is 1. The van der Waals surface area contributed by atoms with Gasteiger partial charge in [-0.25, -0.2) is 8.42 Å². The summed E-state index contributed by atoms with van der Waals surface area (Å²) in [5.74, 6) is 0.134. The summed E-state index contributed by atoms with van der Waals surface area (Å²) >= 11 is 3.46. The molecule has 1 heterocycles. The molecule has 0 spiro atoms. The van der Waals surface area contributed by atoms with E-state index in [9.17, 15) is 13.2 Å². The number of ether oxygens (including phenoxy) is 1. The maximum Gasteiger partial charge on any atom is 0.239 e. The molecule has 1 aliphatic rings. The van der Waals surface area contributed by atoms with Crippen LogP contribution in [0.25, 0.3) is 0 Å². The summed E-state index contributed by atoms with van der Waals surface area (Å²) in [6.07, 6.45) is 3.01. The van der Waals surface area contributed by atoms with Gasteiger partial charge in [0.1, 0.15) is 0 Å². The first-order valence-electron chi connectivity index (χ1n) is 13.5. The molecule has 2 aromatic rings. The van der Waals surface area contributed by atoms with Crippen LogP contribution in [0.4, 0.5) is 0 Å². The zero-order valence-corrected chi connectivity index (χ0v) is 26.3. The Kier molecular flexibility index (Phi) is 15.4. The summed E-state index contributed by atoms with van der Waals surface area (Å²) in [7, 11) is -3.89. The molecule has 0 bridgehead atoms. The van der Waals surface area contributed by atoms with Crippen molar-refractivity contribution in [2.75, 3.05) is 19.0 Å². The number of carbonyl (C=O) groups excluding carboxylic acids is 1. The van der Waals surface area contributed by atoms with Crippen molar-refractivity contribution in [3.63, 3.8) is 0 Å². The molecule has 3 rings (SSSR count). The third kappa shape index (κ3) is 8.90. The average molecular weight is 580 g/mol. The van der Waals surface area contributed by atoms with Gasteiger partial charge in [-0.2, -0.15) is 0 Å². The number of thioether (sulfide) groups is 2. The van der Waals surface area contributed by atoms with Crippen LogP contribution in [0, 0.1) is 6.92 Å². The molecule has 1 amide bonds. The number of primary amides is 1. The molecule has 2 N–H and O–H groups in total. The maximum atomic E-state index is 13.2. The van der Waals surface area contributed by atoms with Crippen molar-refractivity contribution in [3.8, 4) is 0 Å². The molecule has 38 heavy (non-hydrogen) atoms. The maximum absolute atomic E-state index is 13.2. The third-order valence-electron chi connectivity index (χ3n) is 6.24. The van der Waals surface area contributed by atoms with E-state index in [1.807, 2.05) is 39.8 Å². The molecule has 212 valence electrons. The van der Waals surface area contributed by atoms with Gasteiger partial charge >= 0.3 is 0 Å². The van der Waals surface area contributed by atoms with E-state index >= 15 is 0 Å². The van der Waals surface area contributed by atoms with Gasteiger partial charge in [-0.05, 0) is 79.7 Å². The molecular weight excluding hydrogens is 535 g/mol. The fourth-order valence-corrected chi connectivity index (χ4v) is 7.86. The third-order valence-corrected chi connectivity index (χ3v) is 11.1. The SMILES string of the molecule is C=C(SCCCc1ccc(S(=O)(=O)C2(C(N)=O)CCOCC2)cc1)Sc1ccc(CC)cc1C.CC.CC. The molecule has 0 unspecified atom stereocenters. The first-order valence-corrected chi connectivity index (χ1v) is 16.8. The van der Waals surface area contributed by atoms with Crippen LogP contribution in [-0.2, 0) is 32.2 Å². The molecule has 8 heteroatoms. The summed E-state index contributed by atoms with van der Waals surface area (Å²) in [5.41, 5.74) is 9.23. The van der Waals surface area contributed by atoms with E-state index < -0.39 is 20.5 Å². The Labute approximate surface area is 239 Å². The smallest absolute Gasteiger partial charge is 0.239 e. The molecule has 1 saturated heterocycles. The molecule has 0 radical (unpaired) electrons. The van der Waals surface area contributed by atoms with Gasteiger partial charge in [0.25, 0.3) is 0 Å². The number of hydrogen-bond acceptors (Lipinski definition) is 6. The van der Waals surface area contributed by atoms with Gasteiger partial charge in [-0.3, -0.25) is 4.79 Å². The highest BCUT2D eigenvalue weighted by Gasteiger charge is 2.50. The van der Waals surface area contributed by atoms with Gasteiger partial charge in [0, 0.05) is 22.3 Å². The van der Waals surface area contributed by atoms with Crippen LogP contribution in [0.5, 0.6) is 0 Å². The molecule has 2 aromatic carbocycles. The van der Waals surface area contributed by atoms with Gasteiger partial charge in [0.15, 0.2) is 14.6 Å². The topological polar surface area (TPSA) is 86.5 Å². The lowest BCUT2D eigenvalue weighted by Gasteiger charge is -2.33. The number of hydrogen-bond donors (Lipinski definition) is 1. The fourth-order valence-electron chi connectivity index (χ4n) is 4.07. The monoisotopic (exact) mass is 579 g/mol. The van der Waals surface area contributed by atoms with Crippen molar-refractivity contribution in [2.45, 2.75) is 88.2 Å². The number of rotatable bonds is 11. The van der Waals surface area contributed by atoms with Crippen LogP contribution in [0.15, 0.2) is 63.1 Å². The Morgan fingerprint density at radius 2 is 1.61 bits per heavy atom. The van der Waals surface area contributed by atoms with E-state index in [0.717, 1.165) is 34.8 Å². The van der Waals surface area contributed by atoms with Crippen LogP contribution in [0.2, 0.25) is 0 Å². The Balaban J connectivity index is 0.00000172. The summed E-state index contributed by atoms with van der Waals surface area (Å²) in [6, 6.07) is 13.4. The van der Waals surface area contributed by atoms with E-state index in [1.165, 1.54) is 16.0 Å². The predicted molar refractivity (Wildman–Crippen MR) is 165 cm³/mol. The highest BCUT2D eigenvalue weighted by Crippen LogP contribution is 2.37. The first-order chi connectivity index (χ1) is 18.2. The van der Waals surface area contributed by atoms with Crippen LogP contribution >= 0.6 is 23.5 Å². The number of sulfone groups is 1. The van der Waals surface area contributed by atoms with Crippen LogP contribution in [0.3, 0.4) is 0 Å². The summed E-state index contributed by atoms with van der Waals surface area (Å²) in [4.78, 5) is 13.5. The van der Waals surface area contributed by atoms with Crippen LogP contribution < -0.4 is 5.73 Å². The van der Waals surface area contributed by atoms with E-state index in [-0.39, 0.29) is 31.0 Å². The second-order valence-corrected chi connectivity index (χ2v) is 13.3. The van der Waals surface area contributed by atoms with Crippen LogP contribution in [0.1, 0.15) is 70.6 Å². The van der Waals surface area contributed by atoms with Crippen molar-refractivity contribution >= 4 is 39.3 Å². The molecule has 1 fully saturated rings. The van der Waals surface area contributed by atoms with Crippen molar-refractivity contribution in [3.05, 3.63) is 70.0 Å². The number of aryl methyl sites for hydroxylation is 3. The normalized spacial score (nSPS) is 14.4. The largest absolute Gasteiger partial charge is 0.381 e. The fraction of sp³-hybridized carbons (Fsp3) is 0.500. The van der Waals surface area contributed by atoms with E-state index in [4.69, 9.17) is 10.5 Å². The van der Waals surface area contributed by atoms with E-state index in [0.29, 0.717) is 0 Å². The molecular formula is C30H45NO4S3. The molecule has 5 nitrogen and oxygen atoms in total. The summed E-state index contributed by atoms with van der Waals surface area (Å²) < 4.78 is 31.2. The minimum absolute atomic E-state index is 0.0911. The Morgan fingerprint density at radius 3 is 2.13 bits per heavy atom. The minimum Gasteiger partial charge on any atom is -0.381 e. The standard InChI is InChI=1S/C26H33NO4S3.2C2H6/c1-4-21-9-12-24(19(2)18-21)33-20(3)32-17-5-6-22-7-10-23(11-8-22)34(29,30)26(25(27)28)13-15-31-16-14-26;2*1-2/h7-12,18H,3-6,13-17H2,1-2H3,(H2,27,28);2*1-2H3. The average Bonchev–Trinajstić information content (AvgIpc) is 2.95. The Bertz CT molecular complexity index is 1120. The lowest BCUT2D eigenvalue weighted by Crippen LogP contribution is -2.53. The zero-order chi connectivity index (χ0) is 28.8. The summed E-state index contributed by atoms with van der Waals surface area (Å²) in [5, 5.41) is 0. The van der Waals surface area contributed by atoms with Gasteiger partial charge < -0.3 is 10.5 Å². The molecule has 0 aromatic heterocycles. The van der Waals surface area contributed by atoms with Crippen LogP contribution in [-0.4, -0.2) is 38.0 Å². The van der Waals surface area contributed by atoms with Crippen molar-refractivity contribution < 1.29 is 17.9 Å². The Morgan fingerprint density at radius 1 is 1.03 bits per heavy atom. The number of amides is 1. The quantitative estimate of drug-likeness (QED) is 0.221.